The van der Waals surface area contributed by atoms with E-state index in [-0.39, 0.29) is 17.3 Å². The first-order valence-electron chi connectivity index (χ1n) is 5.48. The zero-order valence-electron chi connectivity index (χ0n) is 10.1. The number of hydrogen-bond donors (Lipinski definition) is 3. The number of furan rings is 1. The van der Waals surface area contributed by atoms with E-state index in [9.17, 15) is 15.0 Å². The Morgan fingerprint density at radius 2 is 2.11 bits per heavy atom. The molecular formula is C13H12N2O4. The molecule has 3 N–H and O–H groups in total. The van der Waals surface area contributed by atoms with Crippen LogP contribution in [-0.2, 0) is 0 Å². The molecule has 0 aliphatic rings. The number of rotatable bonds is 3. The summed E-state index contributed by atoms with van der Waals surface area (Å²) in [4.78, 5) is 11.6. The smallest absolute Gasteiger partial charge is 0.307 e. The molecule has 98 valence electrons. The predicted molar refractivity (Wildman–Crippen MR) is 68.2 cm³/mol. The van der Waals surface area contributed by atoms with Crippen LogP contribution in [0.3, 0.4) is 0 Å². The van der Waals surface area contributed by atoms with E-state index < -0.39 is 5.91 Å². The van der Waals surface area contributed by atoms with Crippen LogP contribution >= 0.6 is 0 Å². The summed E-state index contributed by atoms with van der Waals surface area (Å²) in [5, 5.41) is 22.8. The number of nitrogens with zero attached hydrogens (tertiary/aromatic N) is 1. The summed E-state index contributed by atoms with van der Waals surface area (Å²) in [6.45, 7) is 1.59. The quantitative estimate of drug-likeness (QED) is 0.446. The van der Waals surface area contributed by atoms with Crippen LogP contribution < -0.4 is 5.43 Å². The molecule has 1 heterocycles. The number of amides is 1. The Morgan fingerprint density at radius 1 is 1.32 bits per heavy atom. The first-order valence-corrected chi connectivity index (χ1v) is 5.48. The lowest BCUT2D eigenvalue weighted by molar-refractivity contribution is 0.0927. The van der Waals surface area contributed by atoms with E-state index in [0.717, 1.165) is 0 Å². The van der Waals surface area contributed by atoms with Gasteiger partial charge in [0.2, 0.25) is 0 Å². The number of carbonyl (C=O) groups is 1. The summed E-state index contributed by atoms with van der Waals surface area (Å²) in [5.41, 5.74) is 2.98. The Hall–Kier alpha value is -2.76. The zero-order valence-corrected chi connectivity index (χ0v) is 10.1. The molecule has 0 fully saturated rings. The normalized spacial score (nSPS) is 11.3. The van der Waals surface area contributed by atoms with Crippen molar-refractivity contribution in [2.75, 3.05) is 0 Å². The molecule has 0 saturated carbocycles. The Kier molecular flexibility index (Phi) is 3.51. The fourth-order valence-electron chi connectivity index (χ4n) is 1.47. The molecule has 0 unspecified atom stereocenters. The number of phenols is 2. The monoisotopic (exact) mass is 260 g/mol. The van der Waals surface area contributed by atoms with Crippen LogP contribution in [0, 0.1) is 0 Å². The summed E-state index contributed by atoms with van der Waals surface area (Å²) < 4.78 is 4.91. The van der Waals surface area contributed by atoms with Crippen LogP contribution in [0.1, 0.15) is 23.0 Å². The maximum Gasteiger partial charge on any atom is 0.307 e. The van der Waals surface area contributed by atoms with Gasteiger partial charge in [0, 0.05) is 5.56 Å². The largest absolute Gasteiger partial charge is 0.508 e. The molecule has 0 spiro atoms. The molecular weight excluding hydrogens is 248 g/mol. The van der Waals surface area contributed by atoms with Gasteiger partial charge in [0.1, 0.15) is 11.5 Å². The van der Waals surface area contributed by atoms with Crippen LogP contribution in [0.15, 0.2) is 46.1 Å². The van der Waals surface area contributed by atoms with E-state index in [1.807, 2.05) is 0 Å². The molecule has 2 aromatic rings. The molecule has 0 bridgehead atoms. The second-order valence-corrected chi connectivity index (χ2v) is 3.82. The molecule has 1 aromatic carbocycles. The van der Waals surface area contributed by atoms with Crippen molar-refractivity contribution < 1.29 is 19.4 Å². The Bertz CT molecular complexity index is 618. The number of phenolic OH excluding ortho intramolecular Hbond substituents is 2. The highest BCUT2D eigenvalue weighted by Crippen LogP contribution is 2.22. The van der Waals surface area contributed by atoms with Gasteiger partial charge < -0.3 is 14.6 Å². The van der Waals surface area contributed by atoms with Gasteiger partial charge in [-0.1, -0.05) is 0 Å². The summed E-state index contributed by atoms with van der Waals surface area (Å²) >= 11 is 0. The van der Waals surface area contributed by atoms with Crippen molar-refractivity contribution in [1.29, 1.82) is 0 Å². The summed E-state index contributed by atoms with van der Waals surface area (Å²) in [7, 11) is 0. The van der Waals surface area contributed by atoms with E-state index in [1.54, 1.807) is 13.0 Å². The molecule has 1 amide bonds. The maximum absolute atomic E-state index is 11.6. The third-order valence-electron chi connectivity index (χ3n) is 2.44. The number of hydrogen-bond acceptors (Lipinski definition) is 5. The topological polar surface area (TPSA) is 95.1 Å². The van der Waals surface area contributed by atoms with E-state index in [4.69, 9.17) is 4.42 Å². The lowest BCUT2D eigenvalue weighted by Gasteiger charge is -2.05. The molecule has 0 radical (unpaired) electrons. The molecule has 0 atom stereocenters. The fraction of sp³-hybridized carbons (Fsp3) is 0.0769. The van der Waals surface area contributed by atoms with Crippen molar-refractivity contribution in [3.8, 4) is 11.5 Å². The molecule has 0 aliphatic heterocycles. The van der Waals surface area contributed by atoms with Crippen LogP contribution in [0.4, 0.5) is 0 Å². The number of nitrogens with one attached hydrogen (secondary N) is 1. The van der Waals surface area contributed by atoms with Crippen molar-refractivity contribution in [2.45, 2.75) is 6.92 Å². The first-order chi connectivity index (χ1) is 9.08. The predicted octanol–water partition coefficient (Wildman–Crippen LogP) is 1.84. The lowest BCUT2D eigenvalue weighted by Crippen LogP contribution is -2.18. The van der Waals surface area contributed by atoms with E-state index >= 15 is 0 Å². The Morgan fingerprint density at radius 3 is 2.79 bits per heavy atom. The Balaban J connectivity index is 2.15. The first kappa shape index (κ1) is 12.7. The van der Waals surface area contributed by atoms with Crippen molar-refractivity contribution in [2.24, 2.45) is 5.10 Å². The van der Waals surface area contributed by atoms with Crippen molar-refractivity contribution in [3.63, 3.8) is 0 Å². The third kappa shape index (κ3) is 2.92. The molecule has 0 saturated heterocycles. The zero-order chi connectivity index (χ0) is 13.8. The molecule has 1 aromatic heterocycles. The van der Waals surface area contributed by atoms with E-state index in [0.29, 0.717) is 11.3 Å². The number of benzene rings is 1. The standard InChI is InChI=1S/C13H12N2O4/c1-8(10-7-9(16)4-5-11(10)17)14-15-13(18)12-3-2-6-19-12/h2-7,16-17H,1H3,(H,15,18)/b14-8+. The van der Waals surface area contributed by atoms with Gasteiger partial charge in [-0.15, -0.1) is 0 Å². The van der Waals surface area contributed by atoms with Gasteiger partial charge in [0.15, 0.2) is 5.76 Å². The van der Waals surface area contributed by atoms with Gasteiger partial charge in [-0.25, -0.2) is 5.43 Å². The van der Waals surface area contributed by atoms with Crippen LogP contribution in [0.25, 0.3) is 0 Å². The average molecular weight is 260 g/mol. The third-order valence-corrected chi connectivity index (χ3v) is 2.44. The van der Waals surface area contributed by atoms with Crippen LogP contribution in [0.5, 0.6) is 11.5 Å². The van der Waals surface area contributed by atoms with Gasteiger partial charge in [0.05, 0.1) is 12.0 Å². The van der Waals surface area contributed by atoms with Crippen molar-refractivity contribution in [3.05, 3.63) is 47.9 Å². The number of hydrazone groups is 1. The highest BCUT2D eigenvalue weighted by molar-refractivity contribution is 6.02. The van der Waals surface area contributed by atoms with Crippen LogP contribution in [0.2, 0.25) is 0 Å². The second-order valence-electron chi connectivity index (χ2n) is 3.82. The van der Waals surface area contributed by atoms with Gasteiger partial charge in [-0.05, 0) is 37.3 Å². The highest BCUT2D eigenvalue weighted by Gasteiger charge is 2.09. The van der Waals surface area contributed by atoms with E-state index in [2.05, 4.69) is 10.5 Å². The molecule has 2 rings (SSSR count). The molecule has 0 aliphatic carbocycles. The van der Waals surface area contributed by atoms with Gasteiger partial charge >= 0.3 is 5.91 Å². The molecule has 19 heavy (non-hydrogen) atoms. The summed E-state index contributed by atoms with van der Waals surface area (Å²) in [6, 6.07) is 7.15. The van der Waals surface area contributed by atoms with E-state index in [1.165, 1.54) is 30.5 Å². The maximum atomic E-state index is 11.6. The minimum Gasteiger partial charge on any atom is -0.508 e. The minimum absolute atomic E-state index is 0.000267. The Labute approximate surface area is 109 Å². The van der Waals surface area contributed by atoms with Crippen molar-refractivity contribution in [1.82, 2.24) is 5.43 Å². The number of carbonyl (C=O) groups excluding carboxylic acids is 1. The molecule has 6 nitrogen and oxygen atoms in total. The van der Waals surface area contributed by atoms with Gasteiger partial charge in [0.25, 0.3) is 0 Å². The second kappa shape index (κ2) is 5.26. The number of aromatic hydroxyl groups is 2. The molecule has 6 heteroatoms. The summed E-state index contributed by atoms with van der Waals surface area (Å²) in [5.74, 6) is -0.397. The van der Waals surface area contributed by atoms with Crippen molar-refractivity contribution >= 4 is 11.6 Å². The SMILES string of the molecule is C/C(=N\NC(=O)c1ccco1)c1cc(O)ccc1O. The van der Waals surface area contributed by atoms with Crippen LogP contribution in [-0.4, -0.2) is 21.8 Å². The average Bonchev–Trinajstić information content (AvgIpc) is 2.92. The lowest BCUT2D eigenvalue weighted by atomic mass is 10.1. The minimum atomic E-state index is -0.496. The van der Waals surface area contributed by atoms with Gasteiger partial charge in [-0.2, -0.15) is 5.10 Å². The highest BCUT2D eigenvalue weighted by atomic mass is 16.3. The summed E-state index contributed by atoms with van der Waals surface area (Å²) in [6.07, 6.45) is 1.38. The fourth-order valence-corrected chi connectivity index (χ4v) is 1.47. The van der Waals surface area contributed by atoms with Gasteiger partial charge in [-0.3, -0.25) is 4.79 Å².